The number of aromatic nitrogens is 1. The van der Waals surface area contributed by atoms with Crippen LogP contribution in [0.5, 0.6) is 0 Å². The van der Waals surface area contributed by atoms with Gasteiger partial charge in [-0.15, -0.1) is 35.3 Å². The third kappa shape index (κ3) is 6.92. The Balaban J connectivity index is 0.00000280. The lowest BCUT2D eigenvalue weighted by Crippen LogP contribution is -2.37. The second kappa shape index (κ2) is 11.6. The van der Waals surface area contributed by atoms with Gasteiger partial charge in [-0.25, -0.2) is 4.98 Å². The Morgan fingerprint density at radius 2 is 1.93 bits per heavy atom. The summed E-state index contributed by atoms with van der Waals surface area (Å²) in [4.78, 5) is 12.5. The van der Waals surface area contributed by atoms with E-state index < -0.39 is 0 Å². The monoisotopic (exact) mass is 513 g/mol. The second-order valence-corrected chi connectivity index (χ2v) is 8.62. The number of halogens is 1. The molecule has 1 aromatic carbocycles. The van der Waals surface area contributed by atoms with Crippen molar-refractivity contribution in [1.82, 2.24) is 15.6 Å². The van der Waals surface area contributed by atoms with Gasteiger partial charge in [0.05, 0.1) is 5.01 Å². The van der Waals surface area contributed by atoms with Crippen molar-refractivity contribution in [1.29, 1.82) is 0 Å². The van der Waals surface area contributed by atoms with Gasteiger partial charge in [-0.1, -0.05) is 19.1 Å². The molecule has 7 heteroatoms. The second-order valence-electron chi connectivity index (χ2n) is 7.30. The number of benzene rings is 1. The molecule has 0 bridgehead atoms. The topological polar surface area (TPSA) is 52.6 Å². The molecule has 0 atom stereocenters. The summed E-state index contributed by atoms with van der Waals surface area (Å²) in [5.41, 5.74) is 2.61. The molecule has 2 N–H and O–H groups in total. The molecule has 1 aliphatic heterocycles. The lowest BCUT2D eigenvalue weighted by atomic mass is 9.99. The van der Waals surface area contributed by atoms with E-state index in [0.29, 0.717) is 0 Å². The summed E-state index contributed by atoms with van der Waals surface area (Å²) in [5.74, 6) is 1.70. The summed E-state index contributed by atoms with van der Waals surface area (Å²) in [7, 11) is 1.81. The standard InChI is InChI=1S/C21H31N5S.HI/c1-16-9-12-26(13-10-16)19-6-4-18(5-7-19)15-25-21(22-3)23-11-8-20-24-14-17(2)27-20;/h4-7,14,16H,8-13,15H2,1-3H3,(H2,22,23,25);1H. The number of nitrogens with zero attached hydrogens (tertiary/aromatic N) is 3. The van der Waals surface area contributed by atoms with E-state index in [1.54, 1.807) is 11.3 Å². The Morgan fingerprint density at radius 1 is 1.21 bits per heavy atom. The highest BCUT2D eigenvalue weighted by atomic mass is 127. The normalized spacial score (nSPS) is 15.2. The number of rotatable bonds is 6. The fourth-order valence-electron chi connectivity index (χ4n) is 3.30. The number of nitrogens with one attached hydrogen (secondary N) is 2. The molecule has 5 nitrogen and oxygen atoms in total. The predicted octanol–water partition coefficient (Wildman–Crippen LogP) is 4.21. The highest BCUT2D eigenvalue weighted by molar-refractivity contribution is 14.0. The Morgan fingerprint density at radius 3 is 2.54 bits per heavy atom. The van der Waals surface area contributed by atoms with E-state index in [4.69, 9.17) is 0 Å². The first-order valence-electron chi connectivity index (χ1n) is 9.84. The number of piperidine rings is 1. The summed E-state index contributed by atoms with van der Waals surface area (Å²) in [6.45, 7) is 8.39. The van der Waals surface area contributed by atoms with Gasteiger partial charge < -0.3 is 15.5 Å². The Bertz CT molecular complexity index is 736. The van der Waals surface area contributed by atoms with Crippen LogP contribution < -0.4 is 15.5 Å². The number of hydrogen-bond acceptors (Lipinski definition) is 4. The van der Waals surface area contributed by atoms with E-state index in [0.717, 1.165) is 36.4 Å². The molecule has 28 heavy (non-hydrogen) atoms. The molecule has 0 saturated carbocycles. The van der Waals surface area contributed by atoms with E-state index >= 15 is 0 Å². The van der Waals surface area contributed by atoms with Crippen LogP contribution in [0.1, 0.15) is 35.2 Å². The van der Waals surface area contributed by atoms with Crippen molar-refractivity contribution >= 4 is 47.0 Å². The van der Waals surface area contributed by atoms with Gasteiger partial charge in [0.2, 0.25) is 0 Å². The van der Waals surface area contributed by atoms with Gasteiger partial charge in [-0.3, -0.25) is 4.99 Å². The van der Waals surface area contributed by atoms with Gasteiger partial charge >= 0.3 is 0 Å². The summed E-state index contributed by atoms with van der Waals surface area (Å²) < 4.78 is 0. The van der Waals surface area contributed by atoms with E-state index in [9.17, 15) is 0 Å². The molecule has 0 amide bonds. The van der Waals surface area contributed by atoms with Crippen molar-refractivity contribution in [3.8, 4) is 0 Å². The molecule has 2 aromatic rings. The van der Waals surface area contributed by atoms with Crippen LogP contribution in [0.15, 0.2) is 35.5 Å². The number of thiazole rings is 1. The molecule has 0 aliphatic carbocycles. The number of aryl methyl sites for hydroxylation is 1. The molecule has 0 unspecified atom stereocenters. The van der Waals surface area contributed by atoms with Crippen LogP contribution in [-0.4, -0.2) is 37.6 Å². The van der Waals surface area contributed by atoms with E-state index in [1.807, 2.05) is 13.2 Å². The zero-order chi connectivity index (χ0) is 19.1. The SMILES string of the molecule is CN=C(NCCc1ncc(C)s1)NCc1ccc(N2CCC(C)CC2)cc1.I. The van der Waals surface area contributed by atoms with Gasteiger partial charge in [0, 0.05) is 56.4 Å². The first-order valence-corrected chi connectivity index (χ1v) is 10.7. The Hall–Kier alpha value is -1.35. The van der Waals surface area contributed by atoms with Crippen LogP contribution in [0.3, 0.4) is 0 Å². The minimum absolute atomic E-state index is 0. The number of anilines is 1. The highest BCUT2D eigenvalue weighted by Gasteiger charge is 2.15. The van der Waals surface area contributed by atoms with E-state index in [1.165, 1.54) is 42.1 Å². The van der Waals surface area contributed by atoms with Crippen molar-refractivity contribution < 1.29 is 0 Å². The fraction of sp³-hybridized carbons (Fsp3) is 0.524. The molecule has 1 aromatic heterocycles. The van der Waals surface area contributed by atoms with Gasteiger partial charge in [0.15, 0.2) is 5.96 Å². The van der Waals surface area contributed by atoms with Gasteiger partial charge in [0.1, 0.15) is 0 Å². The summed E-state index contributed by atoms with van der Waals surface area (Å²) in [6.07, 6.45) is 5.45. The molecule has 1 aliphatic rings. The zero-order valence-electron chi connectivity index (χ0n) is 17.1. The van der Waals surface area contributed by atoms with Crippen molar-refractivity contribution in [3.63, 3.8) is 0 Å². The molecule has 1 saturated heterocycles. The van der Waals surface area contributed by atoms with Crippen molar-refractivity contribution in [3.05, 3.63) is 45.9 Å². The number of hydrogen-bond donors (Lipinski definition) is 2. The molecular weight excluding hydrogens is 481 g/mol. The third-order valence-electron chi connectivity index (χ3n) is 5.07. The van der Waals surface area contributed by atoms with E-state index in [-0.39, 0.29) is 24.0 Å². The maximum Gasteiger partial charge on any atom is 0.191 e. The molecular formula is C21H32IN5S. The smallest absolute Gasteiger partial charge is 0.191 e. The lowest BCUT2D eigenvalue weighted by Gasteiger charge is -2.32. The lowest BCUT2D eigenvalue weighted by molar-refractivity contribution is 0.438. The van der Waals surface area contributed by atoms with Crippen LogP contribution in [0, 0.1) is 12.8 Å². The molecule has 0 radical (unpaired) electrons. The molecule has 154 valence electrons. The van der Waals surface area contributed by atoms with Crippen molar-refractivity contribution in [2.24, 2.45) is 10.9 Å². The van der Waals surface area contributed by atoms with E-state index in [2.05, 4.69) is 63.6 Å². The van der Waals surface area contributed by atoms with Crippen LogP contribution in [0.4, 0.5) is 5.69 Å². The van der Waals surface area contributed by atoms with Crippen molar-refractivity contribution in [2.75, 3.05) is 31.6 Å². The summed E-state index contributed by atoms with van der Waals surface area (Å²) in [6, 6.07) is 8.92. The van der Waals surface area contributed by atoms with Crippen LogP contribution in [-0.2, 0) is 13.0 Å². The van der Waals surface area contributed by atoms with Gasteiger partial charge in [-0.05, 0) is 43.4 Å². The Kier molecular flexibility index (Phi) is 9.50. The largest absolute Gasteiger partial charge is 0.372 e. The van der Waals surface area contributed by atoms with Gasteiger partial charge in [-0.2, -0.15) is 0 Å². The van der Waals surface area contributed by atoms with Crippen molar-refractivity contribution in [2.45, 2.75) is 39.7 Å². The average Bonchev–Trinajstić information content (AvgIpc) is 3.11. The van der Waals surface area contributed by atoms with Gasteiger partial charge in [0.25, 0.3) is 0 Å². The minimum atomic E-state index is 0. The molecule has 3 rings (SSSR count). The maximum absolute atomic E-state index is 4.40. The highest BCUT2D eigenvalue weighted by Crippen LogP contribution is 2.23. The molecule has 0 spiro atoms. The van der Waals surface area contributed by atoms with Crippen LogP contribution in [0.25, 0.3) is 0 Å². The number of aliphatic imine (C=N–C) groups is 1. The first kappa shape index (κ1) is 22.9. The maximum atomic E-state index is 4.40. The fourth-order valence-corrected chi connectivity index (χ4v) is 4.09. The molecule has 1 fully saturated rings. The average molecular weight is 513 g/mol. The van der Waals surface area contributed by atoms with Crippen LogP contribution in [0.2, 0.25) is 0 Å². The summed E-state index contributed by atoms with van der Waals surface area (Å²) in [5, 5.41) is 7.92. The Labute approximate surface area is 190 Å². The minimum Gasteiger partial charge on any atom is -0.372 e. The third-order valence-corrected chi connectivity index (χ3v) is 6.04. The zero-order valence-corrected chi connectivity index (χ0v) is 20.2. The van der Waals surface area contributed by atoms with Crippen LogP contribution >= 0.6 is 35.3 Å². The quantitative estimate of drug-likeness (QED) is 0.345. The predicted molar refractivity (Wildman–Crippen MR) is 131 cm³/mol. The summed E-state index contributed by atoms with van der Waals surface area (Å²) >= 11 is 1.75. The number of guanidine groups is 1. The molecule has 2 heterocycles. The first-order chi connectivity index (χ1) is 13.1.